The number of rotatable bonds is 0. The van der Waals surface area contributed by atoms with Crippen molar-refractivity contribution in [2.75, 3.05) is 0 Å². The summed E-state index contributed by atoms with van der Waals surface area (Å²) in [6.45, 7) is 0. The molecule has 0 aromatic rings. The monoisotopic (exact) mass is 318 g/mol. The molecule has 0 spiro atoms. The molecule has 0 rings (SSSR count). The van der Waals surface area contributed by atoms with Crippen LogP contribution >= 0.6 is 44.3 Å². The van der Waals surface area contributed by atoms with Gasteiger partial charge in [-0.15, -0.1) is 44.3 Å². The first kappa shape index (κ1) is 16.6. The van der Waals surface area contributed by atoms with Crippen molar-refractivity contribution in [1.82, 2.24) is 0 Å². The van der Waals surface area contributed by atoms with Gasteiger partial charge in [-0.3, -0.25) is 0 Å². The first-order valence-corrected chi connectivity index (χ1v) is 6.80. The van der Waals surface area contributed by atoms with E-state index < -0.39 is 5.31 Å². The quantitative estimate of drug-likeness (QED) is 0.246. The summed E-state index contributed by atoms with van der Waals surface area (Å²) in [5.74, 6) is 0. The number of halogens is 5. The van der Waals surface area contributed by atoms with Gasteiger partial charge in [0.15, 0.2) is 0 Å². The van der Waals surface area contributed by atoms with E-state index in [1.54, 1.807) is 0 Å². The molecule has 0 radical (unpaired) electrons. The SMILES string of the molecule is Cl[Si](Cl)(Cl)Cl.[I-].[Na+]. The van der Waals surface area contributed by atoms with Crippen LogP contribution < -0.4 is 53.5 Å². The van der Waals surface area contributed by atoms with Gasteiger partial charge < -0.3 is 24.0 Å². The van der Waals surface area contributed by atoms with Gasteiger partial charge in [0.05, 0.1) is 0 Å². The zero-order valence-electron chi connectivity index (χ0n) is 3.39. The van der Waals surface area contributed by atoms with Gasteiger partial charge in [0.1, 0.15) is 0 Å². The van der Waals surface area contributed by atoms with Gasteiger partial charge in [-0.2, -0.15) is 0 Å². The molecule has 0 aromatic carbocycles. The maximum atomic E-state index is 4.97. The van der Waals surface area contributed by atoms with Gasteiger partial charge in [-0.25, -0.2) is 0 Å². The van der Waals surface area contributed by atoms with Crippen LogP contribution in [-0.4, -0.2) is 5.31 Å². The number of hydrogen-bond acceptors (Lipinski definition) is 0. The molecule has 0 fully saturated rings. The summed E-state index contributed by atoms with van der Waals surface area (Å²) >= 11 is 19.9. The Balaban J connectivity index is -0.0000000800. The fourth-order valence-corrected chi connectivity index (χ4v) is 0. The molecule has 0 atom stereocenters. The smallest absolute Gasteiger partial charge is 1.00 e. The van der Waals surface area contributed by atoms with E-state index in [2.05, 4.69) is 0 Å². The van der Waals surface area contributed by atoms with Crippen LogP contribution in [0.3, 0.4) is 0 Å². The van der Waals surface area contributed by atoms with E-state index in [-0.39, 0.29) is 53.5 Å². The number of hydrogen-bond donors (Lipinski definition) is 0. The van der Waals surface area contributed by atoms with Crippen molar-refractivity contribution >= 4 is 49.6 Å². The van der Waals surface area contributed by atoms with Crippen LogP contribution in [-0.2, 0) is 0 Å². The molecule has 0 nitrogen and oxygen atoms in total. The first-order valence-electron chi connectivity index (χ1n) is 0.756. The van der Waals surface area contributed by atoms with Gasteiger partial charge in [-0.05, 0) is 0 Å². The Bertz CT molecular complexity index is 27.2. The molecule has 0 heterocycles. The van der Waals surface area contributed by atoms with Crippen molar-refractivity contribution in [1.29, 1.82) is 0 Å². The molecule has 0 saturated heterocycles. The van der Waals surface area contributed by atoms with Gasteiger partial charge in [0.25, 0.3) is 0 Å². The Kier molecular flexibility index (Phi) is 17.1. The molecular formula is Cl4INaSi. The van der Waals surface area contributed by atoms with Gasteiger partial charge in [0, 0.05) is 0 Å². The minimum absolute atomic E-state index is 0. The molecule has 0 aliphatic heterocycles. The van der Waals surface area contributed by atoms with Crippen molar-refractivity contribution < 1.29 is 53.5 Å². The molecule has 0 aliphatic rings. The van der Waals surface area contributed by atoms with Crippen molar-refractivity contribution in [3.05, 3.63) is 0 Å². The average Bonchev–Trinajstić information content (AvgIpc) is 0.722. The van der Waals surface area contributed by atoms with Gasteiger partial charge >= 0.3 is 34.9 Å². The Morgan fingerprint density at radius 1 is 0.857 bits per heavy atom. The Hall–Kier alpha value is 3.11. The molecule has 7 heteroatoms. The maximum absolute atomic E-state index is 4.97. The zero-order valence-corrected chi connectivity index (χ0v) is 11.6. The van der Waals surface area contributed by atoms with Crippen LogP contribution in [0.2, 0.25) is 0 Å². The van der Waals surface area contributed by atoms with E-state index in [4.69, 9.17) is 44.3 Å². The summed E-state index contributed by atoms with van der Waals surface area (Å²) < 4.78 is 0. The summed E-state index contributed by atoms with van der Waals surface area (Å²) in [7, 11) is 0. The molecule has 0 bridgehead atoms. The van der Waals surface area contributed by atoms with Crippen LogP contribution in [0.5, 0.6) is 0 Å². The summed E-state index contributed by atoms with van der Waals surface area (Å²) in [5.41, 5.74) is 0. The van der Waals surface area contributed by atoms with Crippen LogP contribution in [0, 0.1) is 0 Å². The predicted molar refractivity (Wildman–Crippen MR) is 29.2 cm³/mol. The third kappa shape index (κ3) is 47.7. The van der Waals surface area contributed by atoms with Crippen molar-refractivity contribution in [2.24, 2.45) is 0 Å². The van der Waals surface area contributed by atoms with Crippen molar-refractivity contribution in [3.8, 4) is 0 Å². The third-order valence-corrected chi connectivity index (χ3v) is 0. The Morgan fingerprint density at radius 3 is 0.857 bits per heavy atom. The van der Waals surface area contributed by atoms with Crippen molar-refractivity contribution in [3.63, 3.8) is 0 Å². The van der Waals surface area contributed by atoms with Crippen LogP contribution in [0.25, 0.3) is 0 Å². The summed E-state index contributed by atoms with van der Waals surface area (Å²) in [4.78, 5) is 0. The van der Waals surface area contributed by atoms with E-state index in [1.165, 1.54) is 0 Å². The summed E-state index contributed by atoms with van der Waals surface area (Å²) in [5, 5.41) is -2.72. The average molecular weight is 320 g/mol. The molecule has 0 unspecified atom stereocenters. The molecule has 0 aliphatic carbocycles. The third-order valence-electron chi connectivity index (χ3n) is 0. The Labute approximate surface area is 101 Å². The van der Waals surface area contributed by atoms with Crippen LogP contribution in [0.1, 0.15) is 0 Å². The molecule has 7 heavy (non-hydrogen) atoms. The van der Waals surface area contributed by atoms with Crippen LogP contribution in [0.15, 0.2) is 0 Å². The largest absolute Gasteiger partial charge is 1.00 e. The van der Waals surface area contributed by atoms with Crippen molar-refractivity contribution in [2.45, 2.75) is 0 Å². The predicted octanol–water partition coefficient (Wildman–Crippen LogP) is -3.61. The minimum atomic E-state index is -2.72. The fraction of sp³-hybridized carbons (Fsp3) is 0. The second-order valence-corrected chi connectivity index (χ2v) is 11.6. The topological polar surface area (TPSA) is 0 Å². The Morgan fingerprint density at radius 2 is 0.857 bits per heavy atom. The van der Waals surface area contributed by atoms with E-state index >= 15 is 0 Å². The van der Waals surface area contributed by atoms with Gasteiger partial charge in [-0.1, -0.05) is 0 Å². The molecule has 0 N–H and O–H groups in total. The molecule has 0 amide bonds. The normalized spacial score (nSPS) is 8.57. The van der Waals surface area contributed by atoms with Gasteiger partial charge in [0.2, 0.25) is 0 Å². The van der Waals surface area contributed by atoms with E-state index in [9.17, 15) is 0 Å². The van der Waals surface area contributed by atoms with E-state index in [0.29, 0.717) is 0 Å². The van der Waals surface area contributed by atoms with E-state index in [0.717, 1.165) is 0 Å². The second kappa shape index (κ2) is 7.22. The minimum Gasteiger partial charge on any atom is -1.00 e. The summed E-state index contributed by atoms with van der Waals surface area (Å²) in [6, 6.07) is 0. The zero-order chi connectivity index (χ0) is 4.50. The maximum Gasteiger partial charge on any atom is 1.00 e. The molecule has 40 valence electrons. The molecule has 0 aromatic heterocycles. The molecule has 0 saturated carbocycles. The fourth-order valence-electron chi connectivity index (χ4n) is 0. The first-order chi connectivity index (χ1) is 2.00. The standard InChI is InChI=1S/Cl4Si.HI.Na/c1-5(2,3)4;;/h;1H;/q;;+1/p-1. The van der Waals surface area contributed by atoms with E-state index in [1.807, 2.05) is 0 Å². The van der Waals surface area contributed by atoms with Crippen LogP contribution in [0.4, 0.5) is 0 Å². The second-order valence-electron chi connectivity index (χ2n) is 0.429. The summed E-state index contributed by atoms with van der Waals surface area (Å²) in [6.07, 6.45) is 0. The molecular weight excluding hydrogens is 320 g/mol.